The van der Waals surface area contributed by atoms with Crippen LogP contribution in [-0.4, -0.2) is 16.3 Å². The Labute approximate surface area is 172 Å². The molecular formula is C24H18N2O2S. The van der Waals surface area contributed by atoms with E-state index in [0.29, 0.717) is 5.56 Å². The van der Waals surface area contributed by atoms with Crippen LogP contribution in [0.2, 0.25) is 0 Å². The van der Waals surface area contributed by atoms with Crippen LogP contribution in [0.4, 0.5) is 11.4 Å². The van der Waals surface area contributed by atoms with Crippen LogP contribution < -0.4 is 4.90 Å². The second-order valence-corrected chi connectivity index (χ2v) is 7.94. The lowest BCUT2D eigenvalue weighted by atomic mass is 10.1. The third-order valence-electron chi connectivity index (χ3n) is 5.20. The summed E-state index contributed by atoms with van der Waals surface area (Å²) in [6.07, 6.45) is 1.79. The van der Waals surface area contributed by atoms with Crippen molar-refractivity contribution in [2.45, 2.75) is 23.3 Å². The molecule has 5 heteroatoms. The summed E-state index contributed by atoms with van der Waals surface area (Å²) in [5, 5.41) is 0.806. The Kier molecular flexibility index (Phi) is 4.25. The second kappa shape index (κ2) is 6.94. The Bertz CT molecular complexity index is 1230. The van der Waals surface area contributed by atoms with Crippen LogP contribution >= 0.6 is 11.8 Å². The molecule has 142 valence electrons. The number of ketones is 1. The topological polar surface area (TPSA) is 42.3 Å². The molecule has 0 radical (unpaired) electrons. The van der Waals surface area contributed by atoms with Crippen molar-refractivity contribution in [1.82, 2.24) is 4.57 Å². The molecule has 4 aromatic rings. The SMILES string of the molecule is CCn1cc(C(=O)C(=O)N2c3ccccc3Sc3ccccc32)c2ccccc21. The number of Topliss-reactive ketones (excluding diaryl/α,β-unsaturated/α-hetero) is 1. The number of benzene rings is 3. The monoisotopic (exact) mass is 398 g/mol. The molecule has 0 fully saturated rings. The molecule has 1 aliphatic rings. The lowest BCUT2D eigenvalue weighted by Crippen LogP contribution is -2.34. The quantitative estimate of drug-likeness (QED) is 0.330. The van der Waals surface area contributed by atoms with E-state index in [1.165, 1.54) is 0 Å². The van der Waals surface area contributed by atoms with E-state index in [1.807, 2.05) is 84.3 Å². The summed E-state index contributed by atoms with van der Waals surface area (Å²) in [7, 11) is 0. The van der Waals surface area contributed by atoms with E-state index in [-0.39, 0.29) is 0 Å². The highest BCUT2D eigenvalue weighted by atomic mass is 32.2. The average Bonchev–Trinajstić information content (AvgIpc) is 3.15. The molecule has 5 rings (SSSR count). The maximum absolute atomic E-state index is 13.5. The minimum Gasteiger partial charge on any atom is -0.347 e. The summed E-state index contributed by atoms with van der Waals surface area (Å²) in [6.45, 7) is 2.75. The minimum absolute atomic E-state index is 0.445. The molecule has 1 aromatic heterocycles. The van der Waals surface area contributed by atoms with Gasteiger partial charge in [0.1, 0.15) is 0 Å². The van der Waals surface area contributed by atoms with Crippen molar-refractivity contribution in [1.29, 1.82) is 0 Å². The van der Waals surface area contributed by atoms with Gasteiger partial charge in [0.25, 0.3) is 5.78 Å². The predicted octanol–water partition coefficient (Wildman–Crippen LogP) is 5.67. The zero-order valence-corrected chi connectivity index (χ0v) is 16.6. The molecule has 1 amide bonds. The predicted molar refractivity (Wildman–Crippen MR) is 116 cm³/mol. The molecule has 0 N–H and O–H groups in total. The Morgan fingerprint density at radius 1 is 0.828 bits per heavy atom. The standard InChI is InChI=1S/C24H18N2O2S/c1-2-25-15-17(16-9-3-4-10-18(16)25)23(27)24(28)26-19-11-5-7-13-21(19)29-22-14-8-6-12-20(22)26/h3-15H,2H2,1H3. The van der Waals surface area contributed by atoms with Crippen molar-refractivity contribution in [3.05, 3.63) is 84.6 Å². The lowest BCUT2D eigenvalue weighted by Gasteiger charge is -2.30. The van der Waals surface area contributed by atoms with E-state index in [2.05, 4.69) is 0 Å². The third-order valence-corrected chi connectivity index (χ3v) is 6.33. The normalized spacial score (nSPS) is 12.5. The summed E-state index contributed by atoms with van der Waals surface area (Å²) >= 11 is 1.61. The number of para-hydroxylation sites is 3. The number of hydrogen-bond donors (Lipinski definition) is 0. The lowest BCUT2D eigenvalue weighted by molar-refractivity contribution is -0.114. The Balaban J connectivity index is 1.64. The van der Waals surface area contributed by atoms with E-state index in [4.69, 9.17) is 0 Å². The maximum atomic E-state index is 13.5. The van der Waals surface area contributed by atoms with Crippen molar-refractivity contribution in [2.75, 3.05) is 4.90 Å². The molecule has 2 heterocycles. The Morgan fingerprint density at radius 2 is 1.41 bits per heavy atom. The molecule has 29 heavy (non-hydrogen) atoms. The summed E-state index contributed by atoms with van der Waals surface area (Å²) in [5.74, 6) is -1.03. The van der Waals surface area contributed by atoms with E-state index in [0.717, 1.165) is 38.6 Å². The zero-order valence-electron chi connectivity index (χ0n) is 15.8. The smallest absolute Gasteiger partial charge is 0.304 e. The number of fused-ring (bicyclic) bond motifs is 3. The first-order valence-corrected chi connectivity index (χ1v) is 10.3. The number of rotatable bonds is 3. The molecule has 0 saturated heterocycles. The number of aromatic nitrogens is 1. The van der Waals surface area contributed by atoms with Gasteiger partial charge in [-0.1, -0.05) is 54.2 Å². The fourth-order valence-electron chi connectivity index (χ4n) is 3.83. The first-order chi connectivity index (χ1) is 14.2. The van der Waals surface area contributed by atoms with E-state index >= 15 is 0 Å². The highest BCUT2D eigenvalue weighted by Gasteiger charge is 2.33. The molecule has 0 aliphatic carbocycles. The molecule has 3 aromatic carbocycles. The van der Waals surface area contributed by atoms with Crippen LogP contribution in [-0.2, 0) is 11.3 Å². The van der Waals surface area contributed by atoms with Crippen LogP contribution in [0.3, 0.4) is 0 Å². The number of anilines is 2. The van der Waals surface area contributed by atoms with Gasteiger partial charge in [-0.15, -0.1) is 0 Å². The summed E-state index contributed by atoms with van der Waals surface area (Å²) in [4.78, 5) is 30.4. The fourth-order valence-corrected chi connectivity index (χ4v) is 4.89. The molecule has 0 spiro atoms. The summed E-state index contributed by atoms with van der Waals surface area (Å²) in [5.41, 5.74) is 2.89. The van der Waals surface area contributed by atoms with Crippen LogP contribution in [0.1, 0.15) is 17.3 Å². The van der Waals surface area contributed by atoms with Gasteiger partial charge in [-0.2, -0.15) is 0 Å². The van der Waals surface area contributed by atoms with Crippen LogP contribution in [0.25, 0.3) is 10.9 Å². The van der Waals surface area contributed by atoms with Gasteiger partial charge in [0.05, 0.1) is 16.9 Å². The van der Waals surface area contributed by atoms with Gasteiger partial charge in [-0.3, -0.25) is 14.5 Å². The largest absolute Gasteiger partial charge is 0.347 e. The van der Waals surface area contributed by atoms with Crippen LogP contribution in [0.5, 0.6) is 0 Å². The molecule has 0 atom stereocenters. The molecule has 0 saturated carbocycles. The maximum Gasteiger partial charge on any atom is 0.304 e. The van der Waals surface area contributed by atoms with Gasteiger partial charge in [-0.05, 0) is 37.3 Å². The van der Waals surface area contributed by atoms with Crippen LogP contribution in [0, 0.1) is 0 Å². The van der Waals surface area contributed by atoms with Crippen molar-refractivity contribution >= 4 is 45.7 Å². The van der Waals surface area contributed by atoms with E-state index in [9.17, 15) is 9.59 Å². The van der Waals surface area contributed by atoms with Crippen molar-refractivity contribution in [2.24, 2.45) is 0 Å². The number of aryl methyl sites for hydroxylation is 1. The summed E-state index contributed by atoms with van der Waals surface area (Å²) < 4.78 is 2.00. The molecular weight excluding hydrogens is 380 g/mol. The van der Waals surface area contributed by atoms with Gasteiger partial charge < -0.3 is 4.57 Å². The number of amides is 1. The second-order valence-electron chi connectivity index (χ2n) is 6.85. The summed E-state index contributed by atoms with van der Waals surface area (Å²) in [6, 6.07) is 23.1. The van der Waals surface area contributed by atoms with Gasteiger partial charge in [0, 0.05) is 33.4 Å². The third kappa shape index (κ3) is 2.77. The van der Waals surface area contributed by atoms with Gasteiger partial charge in [-0.25, -0.2) is 0 Å². The number of nitrogens with zero attached hydrogens (tertiary/aromatic N) is 2. The number of carbonyl (C=O) groups is 2. The Hall–Kier alpha value is -3.31. The highest BCUT2D eigenvalue weighted by Crippen LogP contribution is 2.48. The van der Waals surface area contributed by atoms with Gasteiger partial charge >= 0.3 is 5.91 Å². The first-order valence-electron chi connectivity index (χ1n) is 9.51. The Morgan fingerprint density at radius 3 is 2.07 bits per heavy atom. The highest BCUT2D eigenvalue weighted by molar-refractivity contribution is 7.99. The minimum atomic E-state index is -0.538. The number of carbonyl (C=O) groups excluding carboxylic acids is 2. The first kappa shape index (κ1) is 17.8. The molecule has 1 aliphatic heterocycles. The van der Waals surface area contributed by atoms with Crippen molar-refractivity contribution in [3.8, 4) is 0 Å². The van der Waals surface area contributed by atoms with Crippen molar-refractivity contribution < 1.29 is 9.59 Å². The van der Waals surface area contributed by atoms with Crippen LogP contribution in [0.15, 0.2) is 88.8 Å². The number of hydrogen-bond acceptors (Lipinski definition) is 3. The van der Waals surface area contributed by atoms with Gasteiger partial charge in [0.15, 0.2) is 0 Å². The van der Waals surface area contributed by atoms with E-state index in [1.54, 1.807) is 22.9 Å². The average molecular weight is 398 g/mol. The molecule has 0 bridgehead atoms. The zero-order chi connectivity index (χ0) is 20.0. The fraction of sp³-hybridized carbons (Fsp3) is 0.0833. The molecule has 0 unspecified atom stereocenters. The van der Waals surface area contributed by atoms with Gasteiger partial charge in [0.2, 0.25) is 0 Å². The molecule has 4 nitrogen and oxygen atoms in total. The van der Waals surface area contributed by atoms with E-state index < -0.39 is 11.7 Å². The van der Waals surface area contributed by atoms with Crippen molar-refractivity contribution in [3.63, 3.8) is 0 Å².